The SMILES string of the molecule is CC(C)CN(C(=O)CCC1CCCN1)C1CC1.Cl. The van der Waals surface area contributed by atoms with Crippen LogP contribution in [0, 0.1) is 5.92 Å². The van der Waals surface area contributed by atoms with Crippen LogP contribution < -0.4 is 5.32 Å². The molecule has 2 rings (SSSR count). The second-order valence-corrected chi connectivity index (χ2v) is 6.00. The lowest BCUT2D eigenvalue weighted by Crippen LogP contribution is -2.36. The summed E-state index contributed by atoms with van der Waals surface area (Å²) in [5.74, 6) is 0.971. The van der Waals surface area contributed by atoms with E-state index in [2.05, 4.69) is 24.1 Å². The molecule has 1 N–H and O–H groups in total. The van der Waals surface area contributed by atoms with E-state index < -0.39 is 0 Å². The lowest BCUT2D eigenvalue weighted by atomic mass is 10.1. The van der Waals surface area contributed by atoms with Crippen molar-refractivity contribution in [3.05, 3.63) is 0 Å². The minimum atomic E-state index is 0. The van der Waals surface area contributed by atoms with Crippen molar-refractivity contribution in [1.82, 2.24) is 10.2 Å². The van der Waals surface area contributed by atoms with Crippen LogP contribution in [0.5, 0.6) is 0 Å². The van der Waals surface area contributed by atoms with E-state index in [0.717, 1.165) is 25.9 Å². The molecule has 1 aliphatic heterocycles. The first-order valence-corrected chi connectivity index (χ1v) is 7.19. The molecule has 1 heterocycles. The van der Waals surface area contributed by atoms with Gasteiger partial charge in [0, 0.05) is 25.0 Å². The fourth-order valence-electron chi connectivity index (χ4n) is 2.68. The van der Waals surface area contributed by atoms with E-state index in [4.69, 9.17) is 0 Å². The van der Waals surface area contributed by atoms with Crippen molar-refractivity contribution in [2.24, 2.45) is 5.92 Å². The Hall–Kier alpha value is -0.280. The van der Waals surface area contributed by atoms with Gasteiger partial charge in [0.05, 0.1) is 0 Å². The van der Waals surface area contributed by atoms with Gasteiger partial charge in [-0.15, -0.1) is 12.4 Å². The van der Waals surface area contributed by atoms with Crippen molar-refractivity contribution >= 4 is 18.3 Å². The topological polar surface area (TPSA) is 32.3 Å². The minimum absolute atomic E-state index is 0. The normalized spacial score (nSPS) is 22.9. The van der Waals surface area contributed by atoms with Gasteiger partial charge in [-0.3, -0.25) is 4.79 Å². The van der Waals surface area contributed by atoms with Gasteiger partial charge >= 0.3 is 0 Å². The van der Waals surface area contributed by atoms with Crippen LogP contribution in [0.1, 0.15) is 52.4 Å². The summed E-state index contributed by atoms with van der Waals surface area (Å²) >= 11 is 0. The number of hydrogen-bond donors (Lipinski definition) is 1. The standard InChI is InChI=1S/C14H26N2O.ClH/c1-11(2)10-16(13-6-7-13)14(17)8-5-12-4-3-9-15-12;/h11-13,15H,3-10H2,1-2H3;1H. The van der Waals surface area contributed by atoms with E-state index in [0.29, 0.717) is 23.9 Å². The monoisotopic (exact) mass is 274 g/mol. The molecule has 4 heteroatoms. The first kappa shape index (κ1) is 15.8. The molecular weight excluding hydrogens is 248 g/mol. The highest BCUT2D eigenvalue weighted by atomic mass is 35.5. The molecule has 0 aromatic heterocycles. The van der Waals surface area contributed by atoms with E-state index in [1.54, 1.807) is 0 Å². The molecule has 0 spiro atoms. The highest BCUT2D eigenvalue weighted by Gasteiger charge is 2.32. The fourth-order valence-corrected chi connectivity index (χ4v) is 2.68. The van der Waals surface area contributed by atoms with Gasteiger partial charge in [0.1, 0.15) is 0 Å². The number of rotatable bonds is 6. The van der Waals surface area contributed by atoms with E-state index in [1.165, 1.54) is 25.7 Å². The third-order valence-electron chi connectivity index (χ3n) is 3.74. The van der Waals surface area contributed by atoms with Crippen molar-refractivity contribution in [2.75, 3.05) is 13.1 Å². The summed E-state index contributed by atoms with van der Waals surface area (Å²) in [6.45, 7) is 6.47. The quantitative estimate of drug-likeness (QED) is 0.807. The summed E-state index contributed by atoms with van der Waals surface area (Å²) in [6, 6.07) is 1.17. The lowest BCUT2D eigenvalue weighted by molar-refractivity contribution is -0.132. The summed E-state index contributed by atoms with van der Waals surface area (Å²) in [7, 11) is 0. The molecule has 2 fully saturated rings. The number of carbonyl (C=O) groups excluding carboxylic acids is 1. The van der Waals surface area contributed by atoms with Crippen LogP contribution in [0.4, 0.5) is 0 Å². The third-order valence-corrected chi connectivity index (χ3v) is 3.74. The van der Waals surface area contributed by atoms with E-state index >= 15 is 0 Å². The molecule has 1 amide bonds. The van der Waals surface area contributed by atoms with Gasteiger partial charge < -0.3 is 10.2 Å². The van der Waals surface area contributed by atoms with Gasteiger partial charge in [-0.1, -0.05) is 13.8 Å². The fraction of sp³-hybridized carbons (Fsp3) is 0.929. The van der Waals surface area contributed by atoms with Crippen molar-refractivity contribution in [3.8, 4) is 0 Å². The largest absolute Gasteiger partial charge is 0.339 e. The van der Waals surface area contributed by atoms with Gasteiger partial charge in [-0.05, 0) is 44.6 Å². The smallest absolute Gasteiger partial charge is 0.222 e. The molecular formula is C14H27ClN2O. The minimum Gasteiger partial charge on any atom is -0.339 e. The first-order valence-electron chi connectivity index (χ1n) is 7.19. The number of carbonyl (C=O) groups is 1. The number of amides is 1. The molecule has 1 saturated heterocycles. The Labute approximate surface area is 117 Å². The maximum absolute atomic E-state index is 12.2. The van der Waals surface area contributed by atoms with Gasteiger partial charge in [0.25, 0.3) is 0 Å². The Kier molecular flexibility index (Phi) is 6.44. The summed E-state index contributed by atoms with van der Waals surface area (Å²) in [6.07, 6.45) is 6.74. The van der Waals surface area contributed by atoms with Crippen molar-refractivity contribution in [1.29, 1.82) is 0 Å². The highest BCUT2D eigenvalue weighted by molar-refractivity contribution is 5.85. The summed E-state index contributed by atoms with van der Waals surface area (Å²) in [5, 5.41) is 3.47. The zero-order chi connectivity index (χ0) is 12.3. The highest BCUT2D eigenvalue weighted by Crippen LogP contribution is 2.28. The maximum Gasteiger partial charge on any atom is 0.222 e. The molecule has 2 aliphatic rings. The Balaban J connectivity index is 0.00000162. The summed E-state index contributed by atoms with van der Waals surface area (Å²) in [4.78, 5) is 14.4. The van der Waals surface area contributed by atoms with Crippen LogP contribution >= 0.6 is 12.4 Å². The molecule has 3 nitrogen and oxygen atoms in total. The van der Waals surface area contributed by atoms with Gasteiger partial charge in [-0.25, -0.2) is 0 Å². The lowest BCUT2D eigenvalue weighted by Gasteiger charge is -2.25. The molecule has 106 valence electrons. The molecule has 0 radical (unpaired) electrons. The Morgan fingerprint density at radius 2 is 2.06 bits per heavy atom. The van der Waals surface area contributed by atoms with E-state index in [-0.39, 0.29) is 12.4 Å². The molecule has 0 aromatic carbocycles. The number of nitrogens with one attached hydrogen (secondary N) is 1. The van der Waals surface area contributed by atoms with Gasteiger partial charge in [-0.2, -0.15) is 0 Å². The zero-order valence-corrected chi connectivity index (χ0v) is 12.5. The average Bonchev–Trinajstić information content (AvgIpc) is 2.99. The number of halogens is 1. The zero-order valence-electron chi connectivity index (χ0n) is 11.7. The molecule has 1 atom stereocenters. The number of hydrogen-bond acceptors (Lipinski definition) is 2. The maximum atomic E-state index is 12.2. The van der Waals surface area contributed by atoms with Gasteiger partial charge in [0.2, 0.25) is 5.91 Å². The number of nitrogens with zero attached hydrogens (tertiary/aromatic N) is 1. The van der Waals surface area contributed by atoms with E-state index in [9.17, 15) is 4.79 Å². The molecule has 0 bridgehead atoms. The Bertz CT molecular complexity index is 261. The molecule has 1 unspecified atom stereocenters. The van der Waals surface area contributed by atoms with Crippen LogP contribution in [-0.4, -0.2) is 36.0 Å². The predicted octanol–water partition coefficient (Wildman–Crippen LogP) is 2.59. The third kappa shape index (κ3) is 4.77. The first-order chi connectivity index (χ1) is 8.16. The molecule has 18 heavy (non-hydrogen) atoms. The van der Waals surface area contributed by atoms with Crippen LogP contribution in [0.3, 0.4) is 0 Å². The Morgan fingerprint density at radius 3 is 2.56 bits per heavy atom. The molecule has 1 saturated carbocycles. The van der Waals surface area contributed by atoms with Gasteiger partial charge in [0.15, 0.2) is 0 Å². The van der Waals surface area contributed by atoms with Crippen molar-refractivity contribution in [2.45, 2.75) is 64.5 Å². The van der Waals surface area contributed by atoms with Crippen molar-refractivity contribution < 1.29 is 4.79 Å². The average molecular weight is 275 g/mol. The van der Waals surface area contributed by atoms with Crippen LogP contribution in [0.25, 0.3) is 0 Å². The van der Waals surface area contributed by atoms with Crippen LogP contribution in [-0.2, 0) is 4.79 Å². The second kappa shape index (κ2) is 7.34. The molecule has 0 aromatic rings. The second-order valence-electron chi connectivity index (χ2n) is 6.00. The van der Waals surface area contributed by atoms with Crippen molar-refractivity contribution in [3.63, 3.8) is 0 Å². The van der Waals surface area contributed by atoms with E-state index in [1.807, 2.05) is 0 Å². The predicted molar refractivity (Wildman–Crippen MR) is 77.1 cm³/mol. The summed E-state index contributed by atoms with van der Waals surface area (Å²) in [5.41, 5.74) is 0. The summed E-state index contributed by atoms with van der Waals surface area (Å²) < 4.78 is 0. The molecule has 1 aliphatic carbocycles. The van der Waals surface area contributed by atoms with Crippen LogP contribution in [0.15, 0.2) is 0 Å². The van der Waals surface area contributed by atoms with Crippen LogP contribution in [0.2, 0.25) is 0 Å². The Morgan fingerprint density at radius 1 is 1.33 bits per heavy atom.